The van der Waals surface area contributed by atoms with Crippen molar-refractivity contribution in [2.45, 2.75) is 24.5 Å². The Bertz CT molecular complexity index is 1140. The predicted molar refractivity (Wildman–Crippen MR) is 119 cm³/mol. The third-order valence-electron chi connectivity index (χ3n) is 4.55. The van der Waals surface area contributed by atoms with Crippen molar-refractivity contribution in [3.8, 4) is 28.5 Å². The van der Waals surface area contributed by atoms with Crippen LogP contribution in [0, 0.1) is 0 Å². The summed E-state index contributed by atoms with van der Waals surface area (Å²) in [6.45, 7) is 4.48. The molecule has 8 nitrogen and oxygen atoms in total. The molecule has 31 heavy (non-hydrogen) atoms. The van der Waals surface area contributed by atoms with E-state index in [1.54, 1.807) is 31.3 Å². The van der Waals surface area contributed by atoms with Gasteiger partial charge in [0.05, 0.1) is 12.7 Å². The maximum absolute atomic E-state index is 5.48. The number of thioether (sulfide) groups is 1. The van der Waals surface area contributed by atoms with E-state index in [0.29, 0.717) is 24.7 Å². The number of allylic oxidation sites excluding steroid dienone is 1. The van der Waals surface area contributed by atoms with Crippen LogP contribution in [0.25, 0.3) is 22.8 Å². The Labute approximate surface area is 184 Å². The molecule has 1 aromatic carbocycles. The Morgan fingerprint density at radius 2 is 2.00 bits per heavy atom. The molecule has 158 valence electrons. The number of pyridine rings is 1. The number of hydrogen-bond acceptors (Lipinski definition) is 8. The quantitative estimate of drug-likeness (QED) is 0.207. The first-order valence-corrected chi connectivity index (χ1v) is 10.8. The van der Waals surface area contributed by atoms with Crippen LogP contribution in [0.4, 0.5) is 0 Å². The highest BCUT2D eigenvalue weighted by molar-refractivity contribution is 7.99. The van der Waals surface area contributed by atoms with E-state index in [2.05, 4.69) is 31.9 Å². The molecule has 0 aliphatic carbocycles. The van der Waals surface area contributed by atoms with E-state index < -0.39 is 0 Å². The summed E-state index contributed by atoms with van der Waals surface area (Å²) in [5.41, 5.74) is 1.79. The van der Waals surface area contributed by atoms with Gasteiger partial charge in [-0.25, -0.2) is 0 Å². The topological polar surface area (TPSA) is 91.8 Å². The number of aryl methyl sites for hydroxylation is 1. The minimum absolute atomic E-state index is 0.581. The summed E-state index contributed by atoms with van der Waals surface area (Å²) in [5.74, 6) is 3.57. The molecule has 0 aliphatic rings. The molecule has 9 heteroatoms. The van der Waals surface area contributed by atoms with Crippen molar-refractivity contribution in [3.63, 3.8) is 0 Å². The molecule has 0 spiro atoms. The Morgan fingerprint density at radius 3 is 2.81 bits per heavy atom. The monoisotopic (exact) mass is 434 g/mol. The van der Waals surface area contributed by atoms with Crippen LogP contribution in [0.1, 0.15) is 12.3 Å². The minimum atomic E-state index is 0.581. The Hall–Kier alpha value is -3.46. The second-order valence-electron chi connectivity index (χ2n) is 6.61. The molecule has 0 radical (unpaired) electrons. The van der Waals surface area contributed by atoms with Crippen LogP contribution in [-0.2, 0) is 13.0 Å². The zero-order valence-corrected chi connectivity index (χ0v) is 18.0. The molecule has 0 N–H and O–H groups in total. The number of benzene rings is 1. The van der Waals surface area contributed by atoms with Crippen molar-refractivity contribution in [1.82, 2.24) is 29.9 Å². The first kappa shape index (κ1) is 20.8. The van der Waals surface area contributed by atoms with Crippen LogP contribution in [-0.4, -0.2) is 42.8 Å². The van der Waals surface area contributed by atoms with Crippen molar-refractivity contribution in [3.05, 3.63) is 67.3 Å². The zero-order chi connectivity index (χ0) is 21.5. The van der Waals surface area contributed by atoms with Gasteiger partial charge in [0.15, 0.2) is 11.0 Å². The molecular formula is C22H22N6O2S. The van der Waals surface area contributed by atoms with Gasteiger partial charge in [-0.3, -0.25) is 9.55 Å². The van der Waals surface area contributed by atoms with Crippen molar-refractivity contribution in [2.75, 3.05) is 12.9 Å². The van der Waals surface area contributed by atoms with Crippen LogP contribution in [0.15, 0.2) is 71.1 Å². The van der Waals surface area contributed by atoms with Gasteiger partial charge in [-0.05, 0) is 30.7 Å². The number of nitrogens with zero attached hydrogens (tertiary/aromatic N) is 6. The highest BCUT2D eigenvalue weighted by Crippen LogP contribution is 2.31. The van der Waals surface area contributed by atoms with E-state index in [0.717, 1.165) is 40.0 Å². The largest absolute Gasteiger partial charge is 0.496 e. The fourth-order valence-corrected chi connectivity index (χ4v) is 3.97. The highest BCUT2D eigenvalue weighted by atomic mass is 32.2. The normalized spacial score (nSPS) is 10.9. The molecule has 0 unspecified atom stereocenters. The summed E-state index contributed by atoms with van der Waals surface area (Å²) in [7, 11) is 1.65. The number of aromatic nitrogens is 6. The van der Waals surface area contributed by atoms with Crippen LogP contribution < -0.4 is 4.74 Å². The average molecular weight is 435 g/mol. The van der Waals surface area contributed by atoms with Crippen LogP contribution in [0.5, 0.6) is 5.75 Å². The zero-order valence-electron chi connectivity index (χ0n) is 17.1. The number of methoxy groups -OCH3 is 1. The van der Waals surface area contributed by atoms with Crippen LogP contribution >= 0.6 is 11.8 Å². The van der Waals surface area contributed by atoms with Crippen molar-refractivity contribution in [2.24, 2.45) is 0 Å². The van der Waals surface area contributed by atoms with Gasteiger partial charge in [0.25, 0.3) is 0 Å². The lowest BCUT2D eigenvalue weighted by molar-refractivity contribution is 0.378. The van der Waals surface area contributed by atoms with Gasteiger partial charge in [-0.1, -0.05) is 35.1 Å². The SMILES string of the molecule is C=CCn1c(SCCCc2nc(-c3ccncc3)no2)nnc1-c1ccccc1OC. The minimum Gasteiger partial charge on any atom is -0.496 e. The van der Waals surface area contributed by atoms with E-state index in [-0.39, 0.29) is 0 Å². The van der Waals surface area contributed by atoms with Gasteiger partial charge in [0, 0.05) is 36.7 Å². The Kier molecular flexibility index (Phi) is 6.73. The van der Waals surface area contributed by atoms with E-state index in [1.807, 2.05) is 47.0 Å². The van der Waals surface area contributed by atoms with Gasteiger partial charge in [-0.15, -0.1) is 16.8 Å². The second kappa shape index (κ2) is 10.0. The molecule has 0 fully saturated rings. The number of rotatable bonds is 10. The molecule has 0 saturated carbocycles. The van der Waals surface area contributed by atoms with Gasteiger partial charge >= 0.3 is 0 Å². The molecule has 0 aliphatic heterocycles. The van der Waals surface area contributed by atoms with Gasteiger partial charge < -0.3 is 9.26 Å². The average Bonchev–Trinajstić information content (AvgIpc) is 3.45. The Morgan fingerprint density at radius 1 is 1.16 bits per heavy atom. The number of para-hydroxylation sites is 1. The Balaban J connectivity index is 1.39. The smallest absolute Gasteiger partial charge is 0.226 e. The van der Waals surface area contributed by atoms with E-state index >= 15 is 0 Å². The molecule has 0 bridgehead atoms. The summed E-state index contributed by atoms with van der Waals surface area (Å²) < 4.78 is 12.9. The van der Waals surface area contributed by atoms with Crippen LogP contribution in [0.3, 0.4) is 0 Å². The molecule has 0 saturated heterocycles. The summed E-state index contributed by atoms with van der Waals surface area (Å²) >= 11 is 1.64. The standard InChI is InChI=1S/C22H22N6O2S/c1-3-14-28-21(17-7-4-5-8-18(17)29-2)25-26-22(28)31-15-6-9-19-24-20(27-30-19)16-10-12-23-13-11-16/h3-5,7-8,10-13H,1,6,9,14-15H2,2H3. The third kappa shape index (κ3) is 4.83. The third-order valence-corrected chi connectivity index (χ3v) is 5.60. The van der Waals surface area contributed by atoms with Gasteiger partial charge in [0.2, 0.25) is 11.7 Å². The van der Waals surface area contributed by atoms with Crippen molar-refractivity contribution < 1.29 is 9.26 Å². The molecule has 3 heterocycles. The molecule has 4 rings (SSSR count). The number of ether oxygens (including phenoxy) is 1. The molecule has 3 aromatic heterocycles. The predicted octanol–water partition coefficient (Wildman–Crippen LogP) is 4.31. The summed E-state index contributed by atoms with van der Waals surface area (Å²) in [5, 5.41) is 13.7. The molecule has 0 amide bonds. The lowest BCUT2D eigenvalue weighted by atomic mass is 10.2. The van der Waals surface area contributed by atoms with Crippen molar-refractivity contribution >= 4 is 11.8 Å². The van der Waals surface area contributed by atoms with Gasteiger partial charge in [-0.2, -0.15) is 4.98 Å². The first-order valence-electron chi connectivity index (χ1n) is 9.83. The first-order chi connectivity index (χ1) is 15.3. The highest BCUT2D eigenvalue weighted by Gasteiger charge is 2.17. The maximum Gasteiger partial charge on any atom is 0.226 e. The summed E-state index contributed by atoms with van der Waals surface area (Å²) in [6.07, 6.45) is 6.82. The fraction of sp³-hybridized carbons (Fsp3) is 0.227. The summed E-state index contributed by atoms with van der Waals surface area (Å²) in [6, 6.07) is 11.5. The summed E-state index contributed by atoms with van der Waals surface area (Å²) in [4.78, 5) is 8.46. The maximum atomic E-state index is 5.48. The van der Waals surface area contributed by atoms with E-state index in [9.17, 15) is 0 Å². The lowest BCUT2D eigenvalue weighted by Gasteiger charge is -2.10. The van der Waals surface area contributed by atoms with E-state index in [1.165, 1.54) is 0 Å². The lowest BCUT2D eigenvalue weighted by Crippen LogP contribution is -2.02. The van der Waals surface area contributed by atoms with Crippen molar-refractivity contribution in [1.29, 1.82) is 0 Å². The van der Waals surface area contributed by atoms with E-state index in [4.69, 9.17) is 9.26 Å². The fourth-order valence-electron chi connectivity index (χ4n) is 3.08. The van der Waals surface area contributed by atoms with Crippen LogP contribution in [0.2, 0.25) is 0 Å². The van der Waals surface area contributed by atoms with Gasteiger partial charge in [0.1, 0.15) is 5.75 Å². The second-order valence-corrected chi connectivity index (χ2v) is 7.67. The number of hydrogen-bond donors (Lipinski definition) is 0. The molecule has 0 atom stereocenters. The molecular weight excluding hydrogens is 412 g/mol. The molecule has 4 aromatic rings.